The van der Waals surface area contributed by atoms with E-state index in [4.69, 9.17) is 0 Å². The molecule has 1 nitrogen and oxygen atoms in total. The van der Waals surface area contributed by atoms with E-state index in [0.717, 1.165) is 12.8 Å². The van der Waals surface area contributed by atoms with E-state index >= 15 is 0 Å². The highest BCUT2D eigenvalue weighted by atomic mass is 15.0. The molecule has 0 aliphatic heterocycles. The van der Waals surface area contributed by atoms with Crippen LogP contribution < -0.4 is 0 Å². The number of benzene rings is 7. The fourth-order valence-corrected chi connectivity index (χ4v) is 7.83. The van der Waals surface area contributed by atoms with Crippen LogP contribution in [-0.2, 0) is 12.8 Å². The van der Waals surface area contributed by atoms with Gasteiger partial charge in [-0.15, -0.1) is 0 Å². The Bertz CT molecular complexity index is 2500. The average molecular weight is 546 g/mol. The van der Waals surface area contributed by atoms with Crippen molar-refractivity contribution in [3.63, 3.8) is 0 Å². The number of allylic oxidation sites excluding steroid dienone is 1. The summed E-state index contributed by atoms with van der Waals surface area (Å²) in [7, 11) is 0. The highest BCUT2D eigenvalue weighted by Gasteiger charge is 2.29. The number of hydrogen-bond acceptors (Lipinski definition) is 0. The molecule has 0 spiro atoms. The maximum atomic E-state index is 2.54. The molecule has 8 aromatic rings. The Hall–Kier alpha value is -5.40. The predicted octanol–water partition coefficient (Wildman–Crippen LogP) is 10.8. The molecule has 7 aromatic carbocycles. The molecule has 0 unspecified atom stereocenters. The Morgan fingerprint density at radius 3 is 1.98 bits per heavy atom. The van der Waals surface area contributed by atoms with Crippen LogP contribution in [0.15, 0.2) is 133 Å². The number of aromatic nitrogens is 1. The summed E-state index contributed by atoms with van der Waals surface area (Å²) >= 11 is 0. The van der Waals surface area contributed by atoms with Gasteiger partial charge in [0.15, 0.2) is 0 Å². The lowest BCUT2D eigenvalue weighted by molar-refractivity contribution is 1.15. The highest BCUT2D eigenvalue weighted by Crippen LogP contribution is 2.49. The summed E-state index contributed by atoms with van der Waals surface area (Å²) in [4.78, 5) is 0. The SMILES string of the molecule is C1=C(c2c(-n3c4ccccc4c4cc5ccccc5cc43)ccc3c2-c2cc4ccccc4cc2C3)Cc2ccccc21. The van der Waals surface area contributed by atoms with Gasteiger partial charge in [-0.3, -0.25) is 0 Å². The summed E-state index contributed by atoms with van der Waals surface area (Å²) in [5.41, 5.74) is 14.9. The zero-order chi connectivity index (χ0) is 28.1. The first-order chi connectivity index (χ1) is 21.3. The predicted molar refractivity (Wildman–Crippen MR) is 182 cm³/mol. The van der Waals surface area contributed by atoms with Crippen molar-refractivity contribution < 1.29 is 0 Å². The van der Waals surface area contributed by atoms with E-state index in [1.165, 1.54) is 93.6 Å². The first-order valence-electron chi connectivity index (χ1n) is 15.2. The van der Waals surface area contributed by atoms with Gasteiger partial charge in [-0.2, -0.15) is 0 Å². The van der Waals surface area contributed by atoms with E-state index in [2.05, 4.69) is 144 Å². The average Bonchev–Trinajstić information content (AvgIpc) is 3.73. The van der Waals surface area contributed by atoms with Gasteiger partial charge in [0.2, 0.25) is 0 Å². The van der Waals surface area contributed by atoms with Crippen LogP contribution in [0.2, 0.25) is 0 Å². The van der Waals surface area contributed by atoms with Crippen molar-refractivity contribution in [2.45, 2.75) is 12.8 Å². The maximum absolute atomic E-state index is 2.54. The third kappa shape index (κ3) is 3.28. The minimum Gasteiger partial charge on any atom is -0.309 e. The van der Waals surface area contributed by atoms with Crippen LogP contribution in [0.1, 0.15) is 27.8 Å². The Labute approximate surface area is 250 Å². The van der Waals surface area contributed by atoms with Gasteiger partial charge in [0.1, 0.15) is 0 Å². The fraction of sp³-hybridized carbons (Fsp3) is 0.0476. The number of fused-ring (bicyclic) bond motifs is 9. The molecule has 0 amide bonds. The smallest absolute Gasteiger partial charge is 0.0547 e. The van der Waals surface area contributed by atoms with Gasteiger partial charge in [-0.25, -0.2) is 0 Å². The van der Waals surface area contributed by atoms with E-state index in [9.17, 15) is 0 Å². The van der Waals surface area contributed by atoms with Crippen molar-refractivity contribution in [2.75, 3.05) is 0 Å². The number of hydrogen-bond donors (Lipinski definition) is 0. The molecule has 2 aliphatic rings. The summed E-state index contributed by atoms with van der Waals surface area (Å²) in [6.45, 7) is 0. The van der Waals surface area contributed by atoms with E-state index in [0.29, 0.717) is 0 Å². The van der Waals surface area contributed by atoms with Crippen LogP contribution in [0.5, 0.6) is 0 Å². The summed E-state index contributed by atoms with van der Waals surface area (Å²) in [6.07, 6.45) is 4.36. The first kappa shape index (κ1) is 23.2. The fourth-order valence-electron chi connectivity index (χ4n) is 7.83. The standard InChI is InChI=1S/C42H27N/c1-2-11-28-21-34(20-27(28)10-1)42-39(18-17-32-22-33-19-26-9-3-4-12-29(26)23-36(33)41(32)42)43-38-16-8-7-15-35(38)37-24-30-13-5-6-14-31(30)25-40(37)43/h1-20,23-25H,21-22H2. The van der Waals surface area contributed by atoms with Gasteiger partial charge in [0.25, 0.3) is 0 Å². The molecular formula is C42H27N. The molecule has 0 saturated carbocycles. The van der Waals surface area contributed by atoms with Crippen molar-refractivity contribution >= 4 is 55.0 Å². The first-order valence-corrected chi connectivity index (χ1v) is 15.2. The normalized spacial score (nSPS) is 13.5. The maximum Gasteiger partial charge on any atom is 0.0547 e. The monoisotopic (exact) mass is 545 g/mol. The van der Waals surface area contributed by atoms with Gasteiger partial charge in [0.05, 0.1) is 16.7 Å². The molecule has 0 radical (unpaired) electrons. The molecule has 1 aromatic heterocycles. The van der Waals surface area contributed by atoms with Gasteiger partial charge in [-0.05, 0) is 104 Å². The summed E-state index contributed by atoms with van der Waals surface area (Å²) in [5.74, 6) is 0. The van der Waals surface area contributed by atoms with Crippen LogP contribution in [0, 0.1) is 0 Å². The number of para-hydroxylation sites is 1. The molecule has 0 bridgehead atoms. The Morgan fingerprint density at radius 2 is 1.14 bits per heavy atom. The van der Waals surface area contributed by atoms with Gasteiger partial charge < -0.3 is 4.57 Å². The van der Waals surface area contributed by atoms with Crippen molar-refractivity contribution in [1.82, 2.24) is 4.57 Å². The van der Waals surface area contributed by atoms with E-state index in [1.54, 1.807) is 0 Å². The Morgan fingerprint density at radius 1 is 0.442 bits per heavy atom. The number of nitrogens with zero attached hydrogens (tertiary/aromatic N) is 1. The van der Waals surface area contributed by atoms with Crippen LogP contribution >= 0.6 is 0 Å². The van der Waals surface area contributed by atoms with Crippen LogP contribution in [0.25, 0.3) is 71.8 Å². The van der Waals surface area contributed by atoms with Crippen LogP contribution in [-0.4, -0.2) is 4.57 Å². The van der Waals surface area contributed by atoms with E-state index in [-0.39, 0.29) is 0 Å². The molecule has 1 heterocycles. The van der Waals surface area contributed by atoms with Gasteiger partial charge in [-0.1, -0.05) is 109 Å². The Balaban J connectivity index is 1.34. The second kappa shape index (κ2) is 8.56. The quantitative estimate of drug-likeness (QED) is 0.204. The van der Waals surface area contributed by atoms with Crippen molar-refractivity contribution in [3.05, 3.63) is 161 Å². The molecule has 1 heteroatoms. The third-order valence-corrected chi connectivity index (χ3v) is 9.76. The van der Waals surface area contributed by atoms with Crippen molar-refractivity contribution in [1.29, 1.82) is 0 Å². The topological polar surface area (TPSA) is 4.93 Å². The molecule has 43 heavy (non-hydrogen) atoms. The highest BCUT2D eigenvalue weighted by molar-refractivity contribution is 6.14. The third-order valence-electron chi connectivity index (χ3n) is 9.76. The van der Waals surface area contributed by atoms with Gasteiger partial charge >= 0.3 is 0 Å². The minimum atomic E-state index is 0.947. The molecule has 2 aliphatic carbocycles. The second-order valence-corrected chi connectivity index (χ2v) is 12.1. The lowest BCUT2D eigenvalue weighted by Gasteiger charge is -2.20. The van der Waals surface area contributed by atoms with Crippen LogP contribution in [0.4, 0.5) is 0 Å². The largest absolute Gasteiger partial charge is 0.309 e. The zero-order valence-electron chi connectivity index (χ0n) is 23.6. The van der Waals surface area contributed by atoms with Crippen molar-refractivity contribution in [2.24, 2.45) is 0 Å². The lowest BCUT2D eigenvalue weighted by Crippen LogP contribution is -2.03. The summed E-state index contributed by atoms with van der Waals surface area (Å²) < 4.78 is 2.54. The minimum absolute atomic E-state index is 0.947. The molecule has 0 N–H and O–H groups in total. The summed E-state index contributed by atoms with van der Waals surface area (Å²) in [5, 5.41) is 7.77. The second-order valence-electron chi connectivity index (χ2n) is 12.1. The lowest BCUT2D eigenvalue weighted by atomic mass is 9.90. The van der Waals surface area contributed by atoms with Gasteiger partial charge in [0, 0.05) is 16.3 Å². The molecule has 0 atom stereocenters. The van der Waals surface area contributed by atoms with E-state index in [1.807, 2.05) is 0 Å². The Kier molecular flexibility index (Phi) is 4.62. The molecule has 10 rings (SSSR count). The number of rotatable bonds is 2. The summed E-state index contributed by atoms with van der Waals surface area (Å²) in [6, 6.07) is 49.7. The zero-order valence-corrected chi connectivity index (χ0v) is 23.6. The van der Waals surface area contributed by atoms with Crippen molar-refractivity contribution in [3.8, 4) is 16.8 Å². The molecular weight excluding hydrogens is 518 g/mol. The van der Waals surface area contributed by atoms with E-state index < -0.39 is 0 Å². The van der Waals surface area contributed by atoms with Crippen LogP contribution in [0.3, 0.4) is 0 Å². The molecule has 0 fully saturated rings. The molecule has 0 saturated heterocycles. The molecule has 200 valence electrons.